The standard InChI is InChI=1S/C23H25N3O4/c1-4-19(17-11-7-5-8-12-17)23(29)30-15-20(27)24-21-16(2)25(3)26(22(21)28)18-13-9-6-10-14-18/h5-14,19H,4,15H2,1-3H3,(H,24,27)/t19-/m1/s1. The number of anilines is 1. The summed E-state index contributed by atoms with van der Waals surface area (Å²) in [5, 5.41) is 2.59. The molecule has 1 heterocycles. The molecule has 0 radical (unpaired) electrons. The molecule has 7 heteroatoms. The van der Waals surface area contributed by atoms with Gasteiger partial charge in [-0.3, -0.25) is 19.1 Å². The van der Waals surface area contributed by atoms with E-state index in [-0.39, 0.29) is 11.2 Å². The summed E-state index contributed by atoms with van der Waals surface area (Å²) in [5.74, 6) is -1.46. The van der Waals surface area contributed by atoms with Crippen LogP contribution in [-0.4, -0.2) is 27.8 Å². The summed E-state index contributed by atoms with van der Waals surface area (Å²) in [4.78, 5) is 37.7. The number of para-hydroxylation sites is 1. The van der Waals surface area contributed by atoms with Crippen molar-refractivity contribution in [2.45, 2.75) is 26.2 Å². The monoisotopic (exact) mass is 407 g/mol. The molecule has 3 rings (SSSR count). The van der Waals surface area contributed by atoms with Crippen LogP contribution in [-0.2, 0) is 21.4 Å². The van der Waals surface area contributed by atoms with E-state index in [2.05, 4.69) is 5.32 Å². The number of ether oxygens (including phenoxy) is 1. The van der Waals surface area contributed by atoms with Gasteiger partial charge in [0, 0.05) is 7.05 Å². The van der Waals surface area contributed by atoms with Gasteiger partial charge >= 0.3 is 5.97 Å². The molecule has 0 spiro atoms. The molecule has 1 atom stereocenters. The number of hydrogen-bond donors (Lipinski definition) is 1. The summed E-state index contributed by atoms with van der Waals surface area (Å²) in [6.07, 6.45) is 0.560. The zero-order chi connectivity index (χ0) is 21.7. The maximum absolute atomic E-state index is 12.8. The predicted octanol–water partition coefficient (Wildman–Crippen LogP) is 3.16. The van der Waals surface area contributed by atoms with Gasteiger partial charge in [0.1, 0.15) is 5.69 Å². The van der Waals surface area contributed by atoms with Gasteiger partial charge in [-0.1, -0.05) is 55.5 Å². The van der Waals surface area contributed by atoms with Crippen LogP contribution in [0.1, 0.15) is 30.5 Å². The average Bonchev–Trinajstić information content (AvgIpc) is 2.97. The third-order valence-electron chi connectivity index (χ3n) is 5.06. The number of nitrogens with zero attached hydrogens (tertiary/aromatic N) is 2. The Morgan fingerprint density at radius 2 is 1.63 bits per heavy atom. The smallest absolute Gasteiger partial charge is 0.313 e. The molecule has 1 aromatic heterocycles. The molecule has 0 fully saturated rings. The Balaban J connectivity index is 1.70. The van der Waals surface area contributed by atoms with Gasteiger partial charge in [0.15, 0.2) is 6.61 Å². The third kappa shape index (κ3) is 4.35. The topological polar surface area (TPSA) is 82.3 Å². The van der Waals surface area contributed by atoms with Crippen molar-refractivity contribution in [3.63, 3.8) is 0 Å². The molecule has 30 heavy (non-hydrogen) atoms. The molecule has 0 aliphatic rings. The molecule has 0 saturated carbocycles. The summed E-state index contributed by atoms with van der Waals surface area (Å²) in [7, 11) is 1.74. The first-order chi connectivity index (χ1) is 14.4. The number of rotatable bonds is 7. The number of hydrogen-bond acceptors (Lipinski definition) is 4. The lowest BCUT2D eigenvalue weighted by Crippen LogP contribution is -2.27. The van der Waals surface area contributed by atoms with E-state index in [9.17, 15) is 14.4 Å². The van der Waals surface area contributed by atoms with E-state index in [0.29, 0.717) is 17.8 Å². The quantitative estimate of drug-likeness (QED) is 0.610. The number of amides is 1. The van der Waals surface area contributed by atoms with Gasteiger partial charge < -0.3 is 10.1 Å². The van der Waals surface area contributed by atoms with Crippen molar-refractivity contribution >= 4 is 17.6 Å². The molecule has 0 unspecified atom stereocenters. The minimum absolute atomic E-state index is 0.164. The van der Waals surface area contributed by atoms with Gasteiger partial charge in [0.05, 0.1) is 17.3 Å². The molecule has 7 nitrogen and oxygen atoms in total. The van der Waals surface area contributed by atoms with Crippen LogP contribution in [0.4, 0.5) is 5.69 Å². The second-order valence-electron chi connectivity index (χ2n) is 6.96. The number of benzene rings is 2. The van der Waals surface area contributed by atoms with E-state index in [1.807, 2.05) is 67.6 Å². The molecule has 0 saturated heterocycles. The van der Waals surface area contributed by atoms with Crippen LogP contribution in [0.2, 0.25) is 0 Å². The molecule has 156 valence electrons. The van der Waals surface area contributed by atoms with Crippen LogP contribution >= 0.6 is 0 Å². The highest BCUT2D eigenvalue weighted by atomic mass is 16.5. The lowest BCUT2D eigenvalue weighted by atomic mass is 9.97. The number of aromatic nitrogens is 2. The largest absolute Gasteiger partial charge is 0.455 e. The summed E-state index contributed by atoms with van der Waals surface area (Å²) in [6.45, 7) is 3.17. The van der Waals surface area contributed by atoms with Crippen molar-refractivity contribution in [1.82, 2.24) is 9.36 Å². The summed E-state index contributed by atoms with van der Waals surface area (Å²) in [5.41, 5.74) is 1.94. The Kier molecular flexibility index (Phi) is 6.51. The second kappa shape index (κ2) is 9.26. The molecule has 0 aliphatic carbocycles. The first kappa shape index (κ1) is 21.1. The molecular weight excluding hydrogens is 382 g/mol. The van der Waals surface area contributed by atoms with Gasteiger partial charge in [0.25, 0.3) is 11.5 Å². The van der Waals surface area contributed by atoms with Crippen molar-refractivity contribution in [3.05, 3.63) is 82.3 Å². The first-order valence-corrected chi connectivity index (χ1v) is 9.79. The highest BCUT2D eigenvalue weighted by molar-refractivity contribution is 5.93. The predicted molar refractivity (Wildman–Crippen MR) is 115 cm³/mol. The Labute approximate surface area is 174 Å². The molecular formula is C23H25N3O4. The number of esters is 1. The van der Waals surface area contributed by atoms with E-state index in [1.54, 1.807) is 18.7 Å². The fourth-order valence-electron chi connectivity index (χ4n) is 3.35. The fraction of sp³-hybridized carbons (Fsp3) is 0.261. The van der Waals surface area contributed by atoms with E-state index in [4.69, 9.17) is 4.74 Å². The summed E-state index contributed by atoms with van der Waals surface area (Å²) < 4.78 is 8.36. The molecule has 0 bridgehead atoms. The normalized spacial score (nSPS) is 11.7. The molecule has 3 aromatic rings. The SMILES string of the molecule is CC[C@@H](C(=O)OCC(=O)Nc1c(C)n(C)n(-c2ccccc2)c1=O)c1ccccc1. The van der Waals surface area contributed by atoms with E-state index in [1.165, 1.54) is 4.68 Å². The zero-order valence-corrected chi connectivity index (χ0v) is 17.3. The van der Waals surface area contributed by atoms with Gasteiger partial charge in [-0.25, -0.2) is 4.68 Å². The van der Waals surface area contributed by atoms with Crippen LogP contribution in [0, 0.1) is 6.92 Å². The third-order valence-corrected chi connectivity index (χ3v) is 5.06. The van der Waals surface area contributed by atoms with Crippen molar-refractivity contribution in [2.75, 3.05) is 11.9 Å². The van der Waals surface area contributed by atoms with Crippen LogP contribution in [0.25, 0.3) is 5.69 Å². The zero-order valence-electron chi connectivity index (χ0n) is 17.3. The van der Waals surface area contributed by atoms with Crippen LogP contribution in [0.3, 0.4) is 0 Å². The van der Waals surface area contributed by atoms with E-state index < -0.39 is 24.4 Å². The van der Waals surface area contributed by atoms with Gasteiger partial charge in [0.2, 0.25) is 0 Å². The fourth-order valence-corrected chi connectivity index (χ4v) is 3.35. The van der Waals surface area contributed by atoms with Crippen LogP contribution in [0.15, 0.2) is 65.5 Å². The highest BCUT2D eigenvalue weighted by Crippen LogP contribution is 2.21. The summed E-state index contributed by atoms with van der Waals surface area (Å²) in [6, 6.07) is 18.4. The number of nitrogens with one attached hydrogen (secondary N) is 1. The lowest BCUT2D eigenvalue weighted by molar-refractivity contribution is -0.149. The van der Waals surface area contributed by atoms with Crippen molar-refractivity contribution in [2.24, 2.45) is 7.05 Å². The van der Waals surface area contributed by atoms with Crippen molar-refractivity contribution in [3.8, 4) is 5.69 Å². The maximum Gasteiger partial charge on any atom is 0.313 e. The first-order valence-electron chi connectivity index (χ1n) is 9.79. The Morgan fingerprint density at radius 3 is 2.23 bits per heavy atom. The van der Waals surface area contributed by atoms with Gasteiger partial charge in [-0.15, -0.1) is 0 Å². The van der Waals surface area contributed by atoms with Crippen LogP contribution < -0.4 is 10.9 Å². The van der Waals surface area contributed by atoms with E-state index in [0.717, 1.165) is 5.56 Å². The number of carbonyl (C=O) groups is 2. The molecule has 2 aromatic carbocycles. The molecule has 1 amide bonds. The number of carbonyl (C=O) groups excluding carboxylic acids is 2. The second-order valence-corrected chi connectivity index (χ2v) is 6.96. The minimum Gasteiger partial charge on any atom is -0.455 e. The van der Waals surface area contributed by atoms with Crippen molar-refractivity contribution < 1.29 is 14.3 Å². The Bertz CT molecular complexity index is 1080. The van der Waals surface area contributed by atoms with Crippen LogP contribution in [0.5, 0.6) is 0 Å². The maximum atomic E-state index is 12.8. The molecule has 0 aliphatic heterocycles. The Morgan fingerprint density at radius 1 is 1.03 bits per heavy atom. The average molecular weight is 407 g/mol. The van der Waals surface area contributed by atoms with Crippen molar-refractivity contribution in [1.29, 1.82) is 0 Å². The Hall–Kier alpha value is -3.61. The lowest BCUT2D eigenvalue weighted by Gasteiger charge is -2.14. The van der Waals surface area contributed by atoms with Gasteiger partial charge in [-0.2, -0.15) is 0 Å². The molecule has 1 N–H and O–H groups in total. The highest BCUT2D eigenvalue weighted by Gasteiger charge is 2.22. The minimum atomic E-state index is -0.558. The van der Waals surface area contributed by atoms with E-state index >= 15 is 0 Å². The summed E-state index contributed by atoms with van der Waals surface area (Å²) >= 11 is 0. The van der Waals surface area contributed by atoms with Gasteiger partial charge in [-0.05, 0) is 31.0 Å².